The number of carbonyl (C=O) groups excluding carboxylic acids is 1. The van der Waals surface area contributed by atoms with Crippen molar-refractivity contribution in [1.82, 2.24) is 5.32 Å². The Balaban J connectivity index is 3.60. The van der Waals surface area contributed by atoms with Crippen LogP contribution in [0.1, 0.15) is 52.4 Å². The van der Waals surface area contributed by atoms with Gasteiger partial charge in [0.05, 0.1) is 0 Å². The molecule has 0 aromatic rings. The normalized spacial score (nSPS) is 11.5. The van der Waals surface area contributed by atoms with Crippen molar-refractivity contribution in [3.63, 3.8) is 0 Å². The lowest BCUT2D eigenvalue weighted by Gasteiger charge is -2.24. The number of nitrogens with one attached hydrogen (secondary N) is 1. The van der Waals surface area contributed by atoms with Crippen molar-refractivity contribution in [2.75, 3.05) is 19.7 Å². The molecule has 0 fully saturated rings. The highest BCUT2D eigenvalue weighted by molar-refractivity contribution is 5.75. The Hall–Kier alpha value is -0.610. The largest absolute Gasteiger partial charge is 0.396 e. The second kappa shape index (κ2) is 9.42. The van der Waals surface area contributed by atoms with Crippen molar-refractivity contribution in [3.8, 4) is 0 Å². The van der Waals surface area contributed by atoms with Gasteiger partial charge in [-0.05, 0) is 37.6 Å². The van der Waals surface area contributed by atoms with E-state index in [-0.39, 0.29) is 17.9 Å². The molecule has 0 saturated carbocycles. The molecule has 0 atom stereocenters. The number of amides is 1. The van der Waals surface area contributed by atoms with Gasteiger partial charge in [-0.25, -0.2) is 0 Å². The predicted molar refractivity (Wildman–Crippen MR) is 70.6 cm³/mol. The third kappa shape index (κ3) is 10.3. The van der Waals surface area contributed by atoms with Crippen molar-refractivity contribution in [2.24, 2.45) is 11.1 Å². The molecule has 102 valence electrons. The van der Waals surface area contributed by atoms with Gasteiger partial charge in [0.25, 0.3) is 0 Å². The third-order valence-corrected chi connectivity index (χ3v) is 2.88. The van der Waals surface area contributed by atoms with Gasteiger partial charge < -0.3 is 16.2 Å². The number of hydrogen-bond donors (Lipinski definition) is 3. The van der Waals surface area contributed by atoms with Gasteiger partial charge in [-0.3, -0.25) is 4.79 Å². The van der Waals surface area contributed by atoms with Crippen LogP contribution in [0.4, 0.5) is 0 Å². The molecule has 0 radical (unpaired) electrons. The Morgan fingerprint density at radius 2 is 1.94 bits per heavy atom. The zero-order chi connectivity index (χ0) is 13.1. The topological polar surface area (TPSA) is 75.3 Å². The summed E-state index contributed by atoms with van der Waals surface area (Å²) in [5.74, 6) is 0.124. The molecule has 0 aliphatic rings. The molecule has 4 heteroatoms. The summed E-state index contributed by atoms with van der Waals surface area (Å²) in [6.07, 6.45) is 5.25. The summed E-state index contributed by atoms with van der Waals surface area (Å²) >= 11 is 0. The zero-order valence-electron chi connectivity index (χ0n) is 11.3. The summed E-state index contributed by atoms with van der Waals surface area (Å²) < 4.78 is 0. The molecule has 17 heavy (non-hydrogen) atoms. The van der Waals surface area contributed by atoms with Crippen molar-refractivity contribution < 1.29 is 9.90 Å². The number of rotatable bonds is 10. The SMILES string of the molecule is CC(C)(CCCO)CNC(=O)CCCCCN. The molecule has 0 aromatic heterocycles. The van der Waals surface area contributed by atoms with E-state index in [2.05, 4.69) is 19.2 Å². The number of aliphatic hydroxyl groups excluding tert-OH is 1. The molecule has 0 unspecified atom stereocenters. The maximum absolute atomic E-state index is 11.5. The van der Waals surface area contributed by atoms with Gasteiger partial charge >= 0.3 is 0 Å². The van der Waals surface area contributed by atoms with Crippen LogP contribution in [0.5, 0.6) is 0 Å². The third-order valence-electron chi connectivity index (χ3n) is 2.88. The average Bonchev–Trinajstić information content (AvgIpc) is 2.30. The lowest BCUT2D eigenvalue weighted by atomic mass is 9.88. The number of hydrogen-bond acceptors (Lipinski definition) is 3. The molecule has 0 aliphatic heterocycles. The van der Waals surface area contributed by atoms with Crippen LogP contribution < -0.4 is 11.1 Å². The minimum absolute atomic E-state index is 0.0651. The summed E-state index contributed by atoms with van der Waals surface area (Å²) in [5, 5.41) is 11.7. The van der Waals surface area contributed by atoms with Gasteiger partial charge in [0.15, 0.2) is 0 Å². The van der Waals surface area contributed by atoms with E-state index >= 15 is 0 Å². The molecule has 4 N–H and O–H groups in total. The highest BCUT2D eigenvalue weighted by atomic mass is 16.2. The Kier molecular flexibility index (Phi) is 9.09. The molecule has 0 rings (SSSR count). The number of unbranched alkanes of at least 4 members (excludes halogenated alkanes) is 2. The first kappa shape index (κ1) is 16.4. The molecule has 0 aromatic carbocycles. The molecule has 0 heterocycles. The standard InChI is InChI=1S/C13H28N2O2/c1-13(2,8-6-10-16)11-15-12(17)7-4-3-5-9-14/h16H,3-11,14H2,1-2H3,(H,15,17). The molecule has 4 nitrogen and oxygen atoms in total. The predicted octanol–water partition coefficient (Wildman–Crippen LogP) is 1.42. The Labute approximate surface area is 105 Å². The van der Waals surface area contributed by atoms with Gasteiger partial charge in [0.2, 0.25) is 5.91 Å². The molecule has 0 bridgehead atoms. The first-order chi connectivity index (χ1) is 8.02. The summed E-state index contributed by atoms with van der Waals surface area (Å²) in [7, 11) is 0. The monoisotopic (exact) mass is 244 g/mol. The molecule has 0 aliphatic carbocycles. The van der Waals surface area contributed by atoms with E-state index in [9.17, 15) is 4.79 Å². The van der Waals surface area contributed by atoms with Crippen molar-refractivity contribution in [1.29, 1.82) is 0 Å². The van der Waals surface area contributed by atoms with Gasteiger partial charge in [0.1, 0.15) is 0 Å². The minimum atomic E-state index is 0.0651. The Bertz CT molecular complexity index is 206. The van der Waals surface area contributed by atoms with Crippen molar-refractivity contribution in [2.45, 2.75) is 52.4 Å². The first-order valence-electron chi connectivity index (χ1n) is 6.59. The summed E-state index contributed by atoms with van der Waals surface area (Å²) in [6, 6.07) is 0. The van der Waals surface area contributed by atoms with Crippen LogP contribution in [0.3, 0.4) is 0 Å². The van der Waals surface area contributed by atoms with Crippen molar-refractivity contribution >= 4 is 5.91 Å². The fourth-order valence-corrected chi connectivity index (χ4v) is 1.68. The van der Waals surface area contributed by atoms with E-state index in [0.717, 1.165) is 32.1 Å². The van der Waals surface area contributed by atoms with E-state index in [0.29, 0.717) is 19.5 Å². The summed E-state index contributed by atoms with van der Waals surface area (Å²) in [6.45, 7) is 5.82. The van der Waals surface area contributed by atoms with Crippen molar-refractivity contribution in [3.05, 3.63) is 0 Å². The average molecular weight is 244 g/mol. The van der Waals surface area contributed by atoms with Crippen LogP contribution in [-0.4, -0.2) is 30.7 Å². The Morgan fingerprint density at radius 3 is 2.53 bits per heavy atom. The second-order valence-corrected chi connectivity index (χ2v) is 5.37. The lowest BCUT2D eigenvalue weighted by Crippen LogP contribution is -2.34. The second-order valence-electron chi connectivity index (χ2n) is 5.37. The minimum Gasteiger partial charge on any atom is -0.396 e. The van der Waals surface area contributed by atoms with Crippen LogP contribution in [0, 0.1) is 5.41 Å². The van der Waals surface area contributed by atoms with Gasteiger partial charge in [-0.2, -0.15) is 0 Å². The van der Waals surface area contributed by atoms with E-state index in [1.165, 1.54) is 0 Å². The summed E-state index contributed by atoms with van der Waals surface area (Å²) in [5.41, 5.74) is 5.45. The first-order valence-corrected chi connectivity index (χ1v) is 6.59. The van der Waals surface area contributed by atoms with Gasteiger partial charge in [-0.15, -0.1) is 0 Å². The van der Waals surface area contributed by atoms with E-state index in [1.807, 2.05) is 0 Å². The number of aliphatic hydroxyl groups is 1. The molecule has 1 amide bonds. The van der Waals surface area contributed by atoms with E-state index in [4.69, 9.17) is 10.8 Å². The van der Waals surface area contributed by atoms with E-state index in [1.54, 1.807) is 0 Å². The number of carbonyl (C=O) groups is 1. The maximum Gasteiger partial charge on any atom is 0.220 e. The van der Waals surface area contributed by atoms with Crippen LogP contribution in [0.2, 0.25) is 0 Å². The van der Waals surface area contributed by atoms with Crippen LogP contribution >= 0.6 is 0 Å². The van der Waals surface area contributed by atoms with Crippen LogP contribution in [-0.2, 0) is 4.79 Å². The molecule has 0 saturated heterocycles. The Morgan fingerprint density at radius 1 is 1.24 bits per heavy atom. The lowest BCUT2D eigenvalue weighted by molar-refractivity contribution is -0.121. The quantitative estimate of drug-likeness (QED) is 0.509. The van der Waals surface area contributed by atoms with Gasteiger partial charge in [-0.1, -0.05) is 20.3 Å². The highest BCUT2D eigenvalue weighted by Gasteiger charge is 2.17. The zero-order valence-corrected chi connectivity index (χ0v) is 11.3. The molecule has 0 spiro atoms. The smallest absolute Gasteiger partial charge is 0.220 e. The van der Waals surface area contributed by atoms with Gasteiger partial charge in [0, 0.05) is 19.6 Å². The van der Waals surface area contributed by atoms with E-state index < -0.39 is 0 Å². The fraction of sp³-hybridized carbons (Fsp3) is 0.923. The fourth-order valence-electron chi connectivity index (χ4n) is 1.68. The molecular formula is C13H28N2O2. The summed E-state index contributed by atoms with van der Waals surface area (Å²) in [4.78, 5) is 11.5. The number of nitrogens with two attached hydrogens (primary N) is 1. The molecular weight excluding hydrogens is 216 g/mol. The van der Waals surface area contributed by atoms with Crippen LogP contribution in [0.15, 0.2) is 0 Å². The maximum atomic E-state index is 11.5. The highest BCUT2D eigenvalue weighted by Crippen LogP contribution is 2.20. The van der Waals surface area contributed by atoms with Crippen LogP contribution in [0.25, 0.3) is 0 Å².